The van der Waals surface area contributed by atoms with E-state index in [1.807, 2.05) is 31.2 Å². The van der Waals surface area contributed by atoms with Crippen LogP contribution in [-0.2, 0) is 0 Å². The monoisotopic (exact) mass is 327 g/mol. The Balaban J connectivity index is 2.32. The van der Waals surface area contributed by atoms with Crippen molar-refractivity contribution in [3.63, 3.8) is 0 Å². The van der Waals surface area contributed by atoms with E-state index in [1.165, 1.54) is 0 Å². The van der Waals surface area contributed by atoms with Gasteiger partial charge in [-0.25, -0.2) is 0 Å². The van der Waals surface area contributed by atoms with Gasteiger partial charge in [0.05, 0.1) is 6.54 Å². The first-order valence-electron chi connectivity index (χ1n) is 5.06. The van der Waals surface area contributed by atoms with Crippen molar-refractivity contribution in [2.45, 2.75) is 23.2 Å². The summed E-state index contributed by atoms with van der Waals surface area (Å²) >= 11 is 4.90. The molecule has 0 spiro atoms. The lowest BCUT2D eigenvalue weighted by Gasteiger charge is -2.13. The molecule has 17 heavy (non-hydrogen) atoms. The fourth-order valence-corrected chi connectivity index (χ4v) is 2.80. The maximum absolute atomic E-state index is 11.9. The second-order valence-electron chi connectivity index (χ2n) is 3.63. The minimum Gasteiger partial charge on any atom is -0.308 e. The molecule has 0 aliphatic carbocycles. The van der Waals surface area contributed by atoms with E-state index in [0.29, 0.717) is 6.54 Å². The zero-order chi connectivity index (χ0) is 12.9. The van der Waals surface area contributed by atoms with Gasteiger partial charge < -0.3 is 5.32 Å². The molecule has 0 saturated carbocycles. The van der Waals surface area contributed by atoms with Crippen LogP contribution in [-0.4, -0.2) is 24.5 Å². The van der Waals surface area contributed by atoms with Crippen molar-refractivity contribution in [2.24, 2.45) is 0 Å². The summed E-state index contributed by atoms with van der Waals surface area (Å²) in [5.41, 5.74) is 0. The van der Waals surface area contributed by atoms with Gasteiger partial charge in [-0.1, -0.05) is 28.9 Å². The highest BCUT2D eigenvalue weighted by molar-refractivity contribution is 9.10. The van der Waals surface area contributed by atoms with Gasteiger partial charge in [-0.3, -0.25) is 0 Å². The first-order chi connectivity index (χ1) is 7.87. The molecule has 1 nitrogen and oxygen atoms in total. The third kappa shape index (κ3) is 6.95. The Morgan fingerprint density at radius 2 is 2.12 bits per heavy atom. The van der Waals surface area contributed by atoms with Crippen molar-refractivity contribution in [3.8, 4) is 0 Å². The number of halogens is 4. The molecule has 1 aromatic rings. The van der Waals surface area contributed by atoms with Gasteiger partial charge in [0.1, 0.15) is 0 Å². The summed E-state index contributed by atoms with van der Waals surface area (Å²) in [6.45, 7) is 1.29. The van der Waals surface area contributed by atoms with Crippen LogP contribution in [0.25, 0.3) is 0 Å². The smallest absolute Gasteiger partial charge is 0.308 e. The van der Waals surface area contributed by atoms with Gasteiger partial charge in [-0.05, 0) is 18.2 Å². The Hall–Kier alpha value is -0.200. The van der Waals surface area contributed by atoms with Crippen LogP contribution in [0.3, 0.4) is 0 Å². The molecule has 0 fully saturated rings. The highest BCUT2D eigenvalue weighted by atomic mass is 79.9. The van der Waals surface area contributed by atoms with Crippen molar-refractivity contribution >= 4 is 27.7 Å². The highest BCUT2D eigenvalue weighted by Gasteiger charge is 2.26. The zero-order valence-corrected chi connectivity index (χ0v) is 11.6. The predicted octanol–water partition coefficient (Wildman–Crippen LogP) is 4.08. The molecule has 1 rings (SSSR count). The molecular weight excluding hydrogens is 315 g/mol. The molecule has 0 saturated heterocycles. The molecule has 0 aromatic heterocycles. The number of hydrogen-bond donors (Lipinski definition) is 1. The molecule has 6 heteroatoms. The van der Waals surface area contributed by atoms with E-state index in [-0.39, 0.29) is 5.25 Å². The maximum atomic E-state index is 11.9. The van der Waals surface area contributed by atoms with E-state index in [2.05, 4.69) is 21.2 Å². The molecule has 1 N–H and O–H groups in total. The second kappa shape index (κ2) is 6.66. The van der Waals surface area contributed by atoms with Gasteiger partial charge in [0, 0.05) is 21.2 Å². The third-order valence-electron chi connectivity index (χ3n) is 1.89. The molecule has 0 aliphatic heterocycles. The molecule has 96 valence electrons. The first-order valence-corrected chi connectivity index (χ1v) is 6.74. The summed E-state index contributed by atoms with van der Waals surface area (Å²) in [5.74, 6) is 0. The Bertz CT molecular complexity index is 357. The highest BCUT2D eigenvalue weighted by Crippen LogP contribution is 2.25. The van der Waals surface area contributed by atoms with Crippen LogP contribution in [0.4, 0.5) is 13.2 Å². The molecule has 0 amide bonds. The minimum atomic E-state index is -4.14. The van der Waals surface area contributed by atoms with Gasteiger partial charge in [0.15, 0.2) is 0 Å². The number of nitrogens with one attached hydrogen (secondary N) is 1. The molecule has 1 aromatic carbocycles. The summed E-state index contributed by atoms with van der Waals surface area (Å²) < 4.78 is 36.7. The number of hydrogen-bond acceptors (Lipinski definition) is 2. The fraction of sp³-hybridized carbons (Fsp3) is 0.455. The van der Waals surface area contributed by atoms with Gasteiger partial charge in [0.25, 0.3) is 0 Å². The van der Waals surface area contributed by atoms with Gasteiger partial charge in [0.2, 0.25) is 0 Å². The number of benzene rings is 1. The maximum Gasteiger partial charge on any atom is 0.401 e. The average Bonchev–Trinajstić information content (AvgIpc) is 2.15. The molecule has 1 unspecified atom stereocenters. The Morgan fingerprint density at radius 3 is 2.71 bits per heavy atom. The first kappa shape index (κ1) is 14.9. The summed E-state index contributed by atoms with van der Waals surface area (Å²) in [5, 5.41) is 2.49. The Kier molecular flexibility index (Phi) is 5.82. The van der Waals surface area contributed by atoms with Crippen LogP contribution in [0.1, 0.15) is 6.92 Å². The van der Waals surface area contributed by atoms with Crippen LogP contribution >= 0.6 is 27.7 Å². The van der Waals surface area contributed by atoms with E-state index in [0.717, 1.165) is 9.37 Å². The number of thioether (sulfide) groups is 1. The minimum absolute atomic E-state index is 0.0895. The summed E-state index contributed by atoms with van der Waals surface area (Å²) in [4.78, 5) is 1.04. The van der Waals surface area contributed by atoms with E-state index in [4.69, 9.17) is 0 Å². The summed E-state index contributed by atoms with van der Waals surface area (Å²) in [6.07, 6.45) is -4.14. The second-order valence-corrected chi connectivity index (χ2v) is 6.06. The molecular formula is C11H13BrF3NS. The van der Waals surface area contributed by atoms with Crippen molar-refractivity contribution in [1.82, 2.24) is 5.32 Å². The van der Waals surface area contributed by atoms with Gasteiger partial charge in [-0.15, -0.1) is 11.8 Å². The van der Waals surface area contributed by atoms with Crippen molar-refractivity contribution in [1.29, 1.82) is 0 Å². The lowest BCUT2D eigenvalue weighted by atomic mass is 10.4. The molecule has 0 radical (unpaired) electrons. The summed E-state index contributed by atoms with van der Waals surface area (Å²) in [7, 11) is 0. The molecule has 0 heterocycles. The van der Waals surface area contributed by atoms with E-state index in [9.17, 15) is 13.2 Å². The van der Waals surface area contributed by atoms with Gasteiger partial charge >= 0.3 is 6.18 Å². The van der Waals surface area contributed by atoms with Gasteiger partial charge in [-0.2, -0.15) is 13.2 Å². The number of rotatable bonds is 5. The standard InChI is InChI=1S/C11H13BrF3NS/c1-8(6-16-7-11(13,14)15)17-10-4-2-3-9(12)5-10/h2-5,8,16H,6-7H2,1H3. The quantitative estimate of drug-likeness (QED) is 0.818. The summed E-state index contributed by atoms with van der Waals surface area (Å²) in [6, 6.07) is 7.71. The SMILES string of the molecule is CC(CNCC(F)(F)F)Sc1cccc(Br)c1. The van der Waals surface area contributed by atoms with Crippen LogP contribution in [0.5, 0.6) is 0 Å². The lowest BCUT2D eigenvalue weighted by Crippen LogP contribution is -2.32. The van der Waals surface area contributed by atoms with Crippen molar-refractivity contribution < 1.29 is 13.2 Å². The van der Waals surface area contributed by atoms with Crippen LogP contribution < -0.4 is 5.32 Å². The largest absolute Gasteiger partial charge is 0.401 e. The average molecular weight is 328 g/mol. The van der Waals surface area contributed by atoms with Crippen LogP contribution in [0.2, 0.25) is 0 Å². The van der Waals surface area contributed by atoms with Crippen molar-refractivity contribution in [3.05, 3.63) is 28.7 Å². The Labute approximate surface area is 111 Å². The van der Waals surface area contributed by atoms with Crippen LogP contribution in [0, 0.1) is 0 Å². The fourth-order valence-electron chi connectivity index (χ4n) is 1.23. The normalized spacial score (nSPS) is 13.7. The van der Waals surface area contributed by atoms with E-state index < -0.39 is 12.7 Å². The van der Waals surface area contributed by atoms with Crippen LogP contribution in [0.15, 0.2) is 33.6 Å². The van der Waals surface area contributed by atoms with E-state index >= 15 is 0 Å². The lowest BCUT2D eigenvalue weighted by molar-refractivity contribution is -0.124. The topological polar surface area (TPSA) is 12.0 Å². The molecule has 1 atom stereocenters. The number of alkyl halides is 3. The molecule has 0 bridgehead atoms. The predicted molar refractivity (Wildman–Crippen MR) is 68.4 cm³/mol. The Morgan fingerprint density at radius 1 is 1.41 bits per heavy atom. The van der Waals surface area contributed by atoms with E-state index in [1.54, 1.807) is 11.8 Å². The third-order valence-corrected chi connectivity index (χ3v) is 3.48. The molecule has 0 aliphatic rings. The van der Waals surface area contributed by atoms with Crippen molar-refractivity contribution in [2.75, 3.05) is 13.1 Å². The zero-order valence-electron chi connectivity index (χ0n) is 9.22.